The number of benzene rings is 2. The second-order valence-electron chi connectivity index (χ2n) is 7.16. The molecule has 2 atom stereocenters. The maximum absolute atomic E-state index is 12.8. The number of sulfonamides is 1. The van der Waals surface area contributed by atoms with Crippen LogP contribution in [0.3, 0.4) is 0 Å². The van der Waals surface area contributed by atoms with Crippen molar-refractivity contribution in [2.45, 2.75) is 44.2 Å². The van der Waals surface area contributed by atoms with Crippen molar-refractivity contribution in [1.82, 2.24) is 4.72 Å². The van der Waals surface area contributed by atoms with E-state index in [1.807, 2.05) is 38.1 Å². The number of nitrogens with one attached hydrogen (secondary N) is 1. The van der Waals surface area contributed by atoms with Crippen LogP contribution in [-0.2, 0) is 30.8 Å². The highest BCUT2D eigenvalue weighted by Crippen LogP contribution is 2.32. The van der Waals surface area contributed by atoms with Gasteiger partial charge in [0.2, 0.25) is 10.0 Å². The molecule has 1 aliphatic heterocycles. The number of amides is 1. The largest absolute Gasteiger partial charge is 0.452 e. The van der Waals surface area contributed by atoms with Crippen molar-refractivity contribution in [2.75, 3.05) is 11.4 Å². The zero-order chi connectivity index (χ0) is 21.2. The first-order valence-corrected chi connectivity index (χ1v) is 10.8. The Labute approximate surface area is 170 Å². The van der Waals surface area contributed by atoms with Crippen LogP contribution < -0.4 is 9.62 Å². The third-order valence-corrected chi connectivity index (χ3v) is 6.26. The molecule has 3 rings (SSSR count). The molecule has 0 unspecified atom stereocenters. The van der Waals surface area contributed by atoms with Gasteiger partial charge in [-0.15, -0.1) is 0 Å². The average Bonchev–Trinajstić information content (AvgIpc) is 3.02. The number of esters is 1. The molecule has 0 spiro atoms. The molecular formula is C21H24N2O5S. The van der Waals surface area contributed by atoms with Crippen molar-refractivity contribution >= 4 is 27.6 Å². The van der Waals surface area contributed by atoms with Gasteiger partial charge in [-0.25, -0.2) is 8.42 Å². The van der Waals surface area contributed by atoms with Crippen LogP contribution in [0.1, 0.15) is 25.0 Å². The van der Waals surface area contributed by atoms with Crippen LogP contribution in [0.2, 0.25) is 0 Å². The van der Waals surface area contributed by atoms with E-state index in [9.17, 15) is 18.0 Å². The summed E-state index contributed by atoms with van der Waals surface area (Å²) in [6, 6.07) is 13.8. The first-order chi connectivity index (χ1) is 13.7. The zero-order valence-corrected chi connectivity index (χ0v) is 17.4. The van der Waals surface area contributed by atoms with E-state index in [1.165, 1.54) is 19.1 Å². The van der Waals surface area contributed by atoms with Gasteiger partial charge in [-0.3, -0.25) is 9.59 Å². The lowest BCUT2D eigenvalue weighted by Crippen LogP contribution is -2.44. The van der Waals surface area contributed by atoms with Crippen molar-refractivity contribution in [1.29, 1.82) is 0 Å². The van der Waals surface area contributed by atoms with Gasteiger partial charge in [-0.1, -0.05) is 35.9 Å². The monoisotopic (exact) mass is 416 g/mol. The van der Waals surface area contributed by atoms with Crippen molar-refractivity contribution in [3.05, 3.63) is 59.7 Å². The maximum atomic E-state index is 12.8. The van der Waals surface area contributed by atoms with E-state index < -0.39 is 28.6 Å². The van der Waals surface area contributed by atoms with Gasteiger partial charge < -0.3 is 9.64 Å². The standard InChI is InChI=1S/C21H24N2O5S/c1-14-8-10-18(11-9-14)29(26,27)22-13-20(24)28-16(3)21(25)23-15(2)12-17-6-4-5-7-19(17)23/h4-11,15-16,22H,12-13H2,1-3H3/t15-,16-/m0/s1. The van der Waals surface area contributed by atoms with Gasteiger partial charge >= 0.3 is 5.97 Å². The molecule has 154 valence electrons. The molecule has 8 heteroatoms. The number of aryl methyl sites for hydroxylation is 1. The molecule has 0 bridgehead atoms. The number of ether oxygens (including phenoxy) is 1. The molecule has 7 nitrogen and oxygen atoms in total. The van der Waals surface area contributed by atoms with Crippen molar-refractivity contribution in [3.8, 4) is 0 Å². The summed E-state index contributed by atoms with van der Waals surface area (Å²) in [5.41, 5.74) is 2.80. The highest BCUT2D eigenvalue weighted by molar-refractivity contribution is 7.89. The van der Waals surface area contributed by atoms with E-state index in [0.717, 1.165) is 23.2 Å². The third-order valence-electron chi connectivity index (χ3n) is 4.84. The van der Waals surface area contributed by atoms with Crippen molar-refractivity contribution < 1.29 is 22.7 Å². The number of carbonyl (C=O) groups excluding carboxylic acids is 2. The quantitative estimate of drug-likeness (QED) is 0.729. The summed E-state index contributed by atoms with van der Waals surface area (Å²) in [5, 5.41) is 0. The Morgan fingerprint density at radius 2 is 1.83 bits per heavy atom. The van der Waals surface area contributed by atoms with Crippen LogP contribution in [0.4, 0.5) is 5.69 Å². The Balaban J connectivity index is 1.59. The minimum Gasteiger partial charge on any atom is -0.452 e. The Hall–Kier alpha value is -2.71. The molecular weight excluding hydrogens is 392 g/mol. The number of para-hydroxylation sites is 1. The minimum absolute atomic E-state index is 0.0407. The third kappa shape index (κ3) is 4.65. The minimum atomic E-state index is -3.84. The SMILES string of the molecule is Cc1ccc(S(=O)(=O)NCC(=O)O[C@@H](C)C(=O)N2c3ccccc3C[C@@H]2C)cc1. The molecule has 29 heavy (non-hydrogen) atoms. The van der Waals surface area contributed by atoms with Gasteiger partial charge in [-0.2, -0.15) is 4.72 Å². The molecule has 2 aromatic rings. The number of hydrogen-bond donors (Lipinski definition) is 1. The summed E-state index contributed by atoms with van der Waals surface area (Å²) in [5.74, 6) is -1.15. The van der Waals surface area contributed by atoms with Crippen molar-refractivity contribution in [3.63, 3.8) is 0 Å². The molecule has 0 radical (unpaired) electrons. The predicted molar refractivity (Wildman–Crippen MR) is 109 cm³/mol. The smallest absolute Gasteiger partial charge is 0.321 e. The van der Waals surface area contributed by atoms with Gasteiger partial charge in [0.15, 0.2) is 6.10 Å². The Bertz CT molecular complexity index is 1020. The van der Waals surface area contributed by atoms with Crippen molar-refractivity contribution in [2.24, 2.45) is 0 Å². The van der Waals surface area contributed by atoms with Crippen LogP contribution in [0.15, 0.2) is 53.4 Å². The summed E-state index contributed by atoms with van der Waals surface area (Å²) in [6.07, 6.45) is -0.293. The molecule has 0 aliphatic carbocycles. The fraction of sp³-hybridized carbons (Fsp3) is 0.333. The molecule has 0 aromatic heterocycles. The predicted octanol–water partition coefficient (Wildman–Crippen LogP) is 2.18. The molecule has 1 heterocycles. The topological polar surface area (TPSA) is 92.8 Å². The number of hydrogen-bond acceptors (Lipinski definition) is 5. The van der Waals surface area contributed by atoms with Crippen LogP contribution in [0.25, 0.3) is 0 Å². The van der Waals surface area contributed by atoms with Gasteiger partial charge in [-0.05, 0) is 51.0 Å². The zero-order valence-electron chi connectivity index (χ0n) is 16.6. The summed E-state index contributed by atoms with van der Waals surface area (Å²) in [4.78, 5) is 26.6. The summed E-state index contributed by atoms with van der Waals surface area (Å²) in [7, 11) is -3.84. The highest BCUT2D eigenvalue weighted by Gasteiger charge is 2.34. The summed E-state index contributed by atoms with van der Waals surface area (Å²) < 4.78 is 31.9. The number of anilines is 1. The number of fused-ring (bicyclic) bond motifs is 1. The summed E-state index contributed by atoms with van der Waals surface area (Å²) >= 11 is 0. The first kappa shape index (κ1) is 21.0. The molecule has 1 N–H and O–H groups in total. The average molecular weight is 416 g/mol. The Kier molecular flexibility index (Phi) is 6.04. The van der Waals surface area contributed by atoms with Crippen LogP contribution in [0, 0.1) is 6.92 Å². The van der Waals surface area contributed by atoms with Gasteiger partial charge in [0.25, 0.3) is 5.91 Å². The Morgan fingerprint density at radius 1 is 1.17 bits per heavy atom. The number of nitrogens with zero attached hydrogens (tertiary/aromatic N) is 1. The van der Waals surface area contributed by atoms with Gasteiger partial charge in [0.05, 0.1) is 4.90 Å². The molecule has 0 saturated heterocycles. The van der Waals surface area contributed by atoms with Crippen LogP contribution in [-0.4, -0.2) is 39.0 Å². The van der Waals surface area contributed by atoms with Crippen LogP contribution in [0.5, 0.6) is 0 Å². The first-order valence-electron chi connectivity index (χ1n) is 9.36. The maximum Gasteiger partial charge on any atom is 0.321 e. The van der Waals surface area contributed by atoms with E-state index in [1.54, 1.807) is 17.0 Å². The van der Waals surface area contributed by atoms with E-state index in [4.69, 9.17) is 4.74 Å². The molecule has 2 aromatic carbocycles. The van der Waals surface area contributed by atoms with E-state index >= 15 is 0 Å². The van der Waals surface area contributed by atoms with E-state index in [2.05, 4.69) is 4.72 Å². The highest BCUT2D eigenvalue weighted by atomic mass is 32.2. The second-order valence-corrected chi connectivity index (χ2v) is 8.93. The normalized spacial score (nSPS) is 16.9. The molecule has 0 fully saturated rings. The number of rotatable bonds is 6. The van der Waals surface area contributed by atoms with E-state index in [-0.39, 0.29) is 16.8 Å². The molecule has 1 amide bonds. The second kappa shape index (κ2) is 8.34. The fourth-order valence-corrected chi connectivity index (χ4v) is 4.31. The lowest BCUT2D eigenvalue weighted by Gasteiger charge is -2.26. The molecule has 0 saturated carbocycles. The Morgan fingerprint density at radius 3 is 2.52 bits per heavy atom. The van der Waals surface area contributed by atoms with Crippen LogP contribution >= 0.6 is 0 Å². The summed E-state index contributed by atoms with van der Waals surface area (Å²) in [6.45, 7) is 4.71. The van der Waals surface area contributed by atoms with Gasteiger partial charge in [0.1, 0.15) is 6.54 Å². The van der Waals surface area contributed by atoms with E-state index in [0.29, 0.717) is 0 Å². The fourth-order valence-electron chi connectivity index (χ4n) is 3.34. The van der Waals surface area contributed by atoms with Gasteiger partial charge in [0, 0.05) is 11.7 Å². The lowest BCUT2D eigenvalue weighted by molar-refractivity contribution is -0.152. The lowest BCUT2D eigenvalue weighted by atomic mass is 10.1. The number of carbonyl (C=O) groups is 2. The molecule has 1 aliphatic rings.